The zero-order chi connectivity index (χ0) is 5.58. The Labute approximate surface area is 65.7 Å². The van der Waals surface area contributed by atoms with Crippen LogP contribution in [-0.2, 0) is 0 Å². The van der Waals surface area contributed by atoms with E-state index in [0.717, 1.165) is 0 Å². The number of hydrogen-bond acceptors (Lipinski definition) is 3. The molecule has 0 atom stereocenters. The molecule has 8 N–H and O–H groups in total. The van der Waals surface area contributed by atoms with Gasteiger partial charge in [0.05, 0.1) is 0 Å². The summed E-state index contributed by atoms with van der Waals surface area (Å²) in [4.78, 5) is 8.56. The zero-order valence-electron chi connectivity index (χ0n) is 5.22. The minimum atomic E-state index is -1.83. The van der Waals surface area contributed by atoms with Crippen LogP contribution in [0.5, 0.6) is 0 Å². The Bertz CT molecular complexity index is 38.3. The van der Waals surface area contributed by atoms with E-state index in [4.69, 9.17) is 15.0 Å². The van der Waals surface area contributed by atoms with Gasteiger partial charge in [0.1, 0.15) is 0 Å². The third kappa shape index (κ3) is 4620. The van der Waals surface area contributed by atoms with Gasteiger partial charge >= 0.3 is 38.3 Å². The summed E-state index contributed by atoms with van der Waals surface area (Å²) in [5.74, 6) is 0. The van der Waals surface area contributed by atoms with Crippen LogP contribution >= 0.6 is 0 Å². The van der Waals surface area contributed by atoms with Crippen molar-refractivity contribution in [1.29, 1.82) is 0 Å². The first-order valence-corrected chi connectivity index (χ1v) is 3.65. The molecular weight excluding hydrogens is 123 g/mol. The molecule has 0 saturated carbocycles. The van der Waals surface area contributed by atoms with E-state index in [2.05, 4.69) is 4.17 Å². The number of carboxylic acid groups (broad SMARTS) is 2. The first-order valence-electron chi connectivity index (χ1n) is 1.65. The van der Waals surface area contributed by atoms with Crippen molar-refractivity contribution in [3.05, 3.63) is 0 Å². The summed E-state index contributed by atoms with van der Waals surface area (Å²) in [5.41, 5.74) is 0. The first-order chi connectivity index (χ1) is 2.73. The van der Waals surface area contributed by atoms with Crippen molar-refractivity contribution < 1.29 is 15.0 Å². The third-order valence-electron chi connectivity index (χ3n) is 0. The van der Waals surface area contributed by atoms with E-state index in [-0.39, 0.29) is 12.3 Å². The van der Waals surface area contributed by atoms with E-state index in [1.165, 1.54) is 27.9 Å². The third-order valence-corrected chi connectivity index (χ3v) is 0. The van der Waals surface area contributed by atoms with E-state index >= 15 is 0 Å². The zero-order valence-corrected chi connectivity index (χ0v) is 7.22. The average molecular weight is 134 g/mol. The van der Waals surface area contributed by atoms with Gasteiger partial charge in [-0.1, -0.05) is 0 Å². The average Bonchev–Trinajstić information content (AvgIpc) is 1.41. The van der Waals surface area contributed by atoms with Gasteiger partial charge in [0.15, 0.2) is 0 Å². The number of carbonyl (C=O) groups is 1. The fraction of sp³-hybridized carbons (Fsp3) is 0.500. The summed E-state index contributed by atoms with van der Waals surface area (Å²) >= 11 is 1.31. The Balaban J connectivity index is -0.0000000183. The van der Waals surface area contributed by atoms with Gasteiger partial charge in [-0.15, -0.1) is 0 Å². The van der Waals surface area contributed by atoms with Crippen LogP contribution in [-0.4, -0.2) is 44.3 Å². The molecule has 0 rings (SSSR count). The molecule has 0 unspecified atom stereocenters. The van der Waals surface area contributed by atoms with Gasteiger partial charge in [0.2, 0.25) is 0 Å². The van der Waals surface area contributed by atoms with Crippen molar-refractivity contribution in [2.45, 2.75) is 4.17 Å². The van der Waals surface area contributed by atoms with Crippen molar-refractivity contribution in [3.63, 3.8) is 0 Å². The van der Waals surface area contributed by atoms with Crippen molar-refractivity contribution in [1.82, 2.24) is 12.3 Å². The van der Waals surface area contributed by atoms with Crippen molar-refractivity contribution >= 4 is 34.1 Å². The molecule has 48 valence electrons. The minimum absolute atomic E-state index is 0. The Kier molecular flexibility index (Phi) is 81.6. The van der Waals surface area contributed by atoms with Crippen molar-refractivity contribution in [2.75, 3.05) is 0 Å². The molecule has 0 amide bonds. The molecule has 0 aromatic rings. The molecule has 0 bridgehead atoms. The van der Waals surface area contributed by atoms with Gasteiger partial charge in [0, 0.05) is 0 Å². The van der Waals surface area contributed by atoms with Crippen molar-refractivity contribution in [3.8, 4) is 0 Å². The number of hydrogen-bond donors (Lipinski definition) is 4. The SMILES string of the molecule is N.N.O=C(O)O.[CH3][Na]. The second-order valence-corrected chi connectivity index (χ2v) is 0.283. The Hall–Kier alpha value is 0.190. The van der Waals surface area contributed by atoms with Crippen LogP contribution in [0.25, 0.3) is 0 Å². The Morgan fingerprint density at radius 1 is 1.25 bits per heavy atom. The summed E-state index contributed by atoms with van der Waals surface area (Å²) in [6.45, 7) is 0. The number of rotatable bonds is 0. The maximum absolute atomic E-state index is 8.56. The molecule has 0 radical (unpaired) electrons. The van der Waals surface area contributed by atoms with Crippen LogP contribution in [0.3, 0.4) is 0 Å². The van der Waals surface area contributed by atoms with E-state index in [1.807, 2.05) is 0 Å². The van der Waals surface area contributed by atoms with Gasteiger partial charge in [-0.3, -0.25) is 0 Å². The maximum atomic E-state index is 8.56. The molecule has 0 aromatic carbocycles. The molecular formula is C2H11N2NaO3. The topological polar surface area (TPSA) is 128 Å². The summed E-state index contributed by atoms with van der Waals surface area (Å²) < 4.78 is 2.14. The van der Waals surface area contributed by atoms with E-state index in [0.29, 0.717) is 0 Å². The molecule has 0 aliphatic rings. The van der Waals surface area contributed by atoms with Crippen LogP contribution in [0.15, 0.2) is 0 Å². The van der Waals surface area contributed by atoms with Crippen LogP contribution in [0, 0.1) is 0 Å². The van der Waals surface area contributed by atoms with Gasteiger partial charge in [0.25, 0.3) is 0 Å². The fourth-order valence-corrected chi connectivity index (χ4v) is 0. The standard InChI is InChI=1S/CH2O3.CH3.2H3N.Na/c2-1(3)4;;;;/h(H2,2,3,4);3*1H3;. The van der Waals surface area contributed by atoms with Crippen LogP contribution in [0.4, 0.5) is 4.79 Å². The van der Waals surface area contributed by atoms with Crippen molar-refractivity contribution in [2.24, 2.45) is 0 Å². The predicted octanol–water partition coefficient (Wildman–Crippen LogP) is 0.749. The molecule has 8 heavy (non-hydrogen) atoms. The molecule has 5 nitrogen and oxygen atoms in total. The first kappa shape index (κ1) is 24.1. The van der Waals surface area contributed by atoms with Gasteiger partial charge in [-0.2, -0.15) is 0 Å². The van der Waals surface area contributed by atoms with Gasteiger partial charge < -0.3 is 22.5 Å². The molecule has 0 heterocycles. The Morgan fingerprint density at radius 2 is 1.25 bits per heavy atom. The van der Waals surface area contributed by atoms with Gasteiger partial charge in [-0.25, -0.2) is 4.79 Å². The van der Waals surface area contributed by atoms with E-state index < -0.39 is 6.16 Å². The molecule has 6 heteroatoms. The quantitative estimate of drug-likeness (QED) is 0.363. The van der Waals surface area contributed by atoms with Crippen LogP contribution in [0.1, 0.15) is 0 Å². The summed E-state index contributed by atoms with van der Waals surface area (Å²) in [6, 6.07) is 0. The molecule has 0 saturated heterocycles. The summed E-state index contributed by atoms with van der Waals surface area (Å²) in [5, 5.41) is 13.9. The second kappa shape index (κ2) is 27.1. The molecule has 0 aromatic heterocycles. The monoisotopic (exact) mass is 134 g/mol. The normalized spacial score (nSPS) is 3.88. The van der Waals surface area contributed by atoms with E-state index in [9.17, 15) is 0 Å². The Morgan fingerprint density at radius 3 is 1.25 bits per heavy atom. The van der Waals surface area contributed by atoms with Gasteiger partial charge in [-0.05, 0) is 0 Å². The summed E-state index contributed by atoms with van der Waals surface area (Å²) in [7, 11) is 0. The fourth-order valence-electron chi connectivity index (χ4n) is 0. The molecule has 0 fully saturated rings. The summed E-state index contributed by atoms with van der Waals surface area (Å²) in [6.07, 6.45) is -1.83. The molecule has 0 spiro atoms. The molecule has 0 aliphatic heterocycles. The van der Waals surface area contributed by atoms with E-state index in [1.54, 1.807) is 0 Å². The van der Waals surface area contributed by atoms with Crippen LogP contribution < -0.4 is 12.3 Å². The van der Waals surface area contributed by atoms with Crippen LogP contribution in [0.2, 0.25) is 4.17 Å². The predicted molar refractivity (Wildman–Crippen MR) is 32.3 cm³/mol. The molecule has 0 aliphatic carbocycles. The second-order valence-electron chi connectivity index (χ2n) is 0.283.